The molecule has 1 aromatic rings. The van der Waals surface area contributed by atoms with Crippen molar-refractivity contribution in [3.8, 4) is 0 Å². The molecule has 0 bridgehead atoms. The number of carbonyl (C=O) groups excluding carboxylic acids is 2. The second kappa shape index (κ2) is 7.54. The van der Waals surface area contributed by atoms with E-state index in [1.54, 1.807) is 24.3 Å². The minimum atomic E-state index is -0.981. The zero-order valence-corrected chi connectivity index (χ0v) is 12.3. The van der Waals surface area contributed by atoms with Crippen molar-refractivity contribution >= 4 is 23.3 Å². The summed E-state index contributed by atoms with van der Waals surface area (Å²) < 4.78 is 4.82. The molecule has 0 spiro atoms. The number of hydrogen-bond donors (Lipinski definition) is 1. The van der Waals surface area contributed by atoms with Gasteiger partial charge >= 0.3 is 5.97 Å². The molecule has 0 saturated heterocycles. The molecule has 21 heavy (non-hydrogen) atoms. The third kappa shape index (κ3) is 4.68. The lowest BCUT2D eigenvalue weighted by Crippen LogP contribution is -2.39. The van der Waals surface area contributed by atoms with Crippen LogP contribution in [0.5, 0.6) is 0 Å². The summed E-state index contributed by atoms with van der Waals surface area (Å²) in [6.45, 7) is 2.88. The lowest BCUT2D eigenvalue weighted by Gasteiger charge is -2.24. The van der Waals surface area contributed by atoms with Crippen LogP contribution < -0.4 is 4.90 Å². The third-order valence-corrected chi connectivity index (χ3v) is 3.03. The SMILES string of the molecule is COCC(=O)N(CC(C)C(=O)O)c1ccc(C(C)=O)cc1. The molecule has 1 atom stereocenters. The first-order valence-corrected chi connectivity index (χ1v) is 6.50. The predicted molar refractivity (Wildman–Crippen MR) is 77.5 cm³/mol. The molecule has 6 heteroatoms. The van der Waals surface area contributed by atoms with Crippen molar-refractivity contribution in [2.45, 2.75) is 13.8 Å². The number of carboxylic acids is 1. The van der Waals surface area contributed by atoms with Gasteiger partial charge in [0.25, 0.3) is 5.91 Å². The standard InChI is InChI=1S/C15H19NO5/c1-10(15(19)20)8-16(14(18)9-21-3)13-6-4-12(5-7-13)11(2)17/h4-7,10H,8-9H2,1-3H3,(H,19,20). The highest BCUT2D eigenvalue weighted by Crippen LogP contribution is 2.18. The molecule has 0 saturated carbocycles. The molecule has 0 aliphatic rings. The van der Waals surface area contributed by atoms with Gasteiger partial charge in [-0.1, -0.05) is 6.92 Å². The van der Waals surface area contributed by atoms with Gasteiger partial charge in [-0.15, -0.1) is 0 Å². The number of nitrogens with zero attached hydrogens (tertiary/aromatic N) is 1. The first-order valence-electron chi connectivity index (χ1n) is 6.50. The summed E-state index contributed by atoms with van der Waals surface area (Å²) in [6, 6.07) is 6.46. The van der Waals surface area contributed by atoms with E-state index in [-0.39, 0.29) is 24.8 Å². The summed E-state index contributed by atoms with van der Waals surface area (Å²) in [6.07, 6.45) is 0. The van der Waals surface area contributed by atoms with Gasteiger partial charge < -0.3 is 14.7 Å². The Bertz CT molecular complexity index is 523. The molecule has 1 unspecified atom stereocenters. The number of hydrogen-bond acceptors (Lipinski definition) is 4. The molecule has 0 radical (unpaired) electrons. The number of anilines is 1. The number of Topliss-reactive ketones (excluding diaryl/α,β-unsaturated/α-hetero) is 1. The van der Waals surface area contributed by atoms with Gasteiger partial charge in [-0.05, 0) is 31.2 Å². The van der Waals surface area contributed by atoms with Gasteiger partial charge in [0, 0.05) is 24.9 Å². The van der Waals surface area contributed by atoms with Crippen molar-refractivity contribution in [2.75, 3.05) is 25.2 Å². The highest BCUT2D eigenvalue weighted by Gasteiger charge is 2.22. The maximum absolute atomic E-state index is 12.1. The van der Waals surface area contributed by atoms with E-state index in [2.05, 4.69) is 0 Å². The number of ketones is 1. The van der Waals surface area contributed by atoms with Gasteiger partial charge in [-0.2, -0.15) is 0 Å². The molecule has 114 valence electrons. The van der Waals surface area contributed by atoms with Crippen molar-refractivity contribution < 1.29 is 24.2 Å². The molecule has 0 aliphatic carbocycles. The topological polar surface area (TPSA) is 83.9 Å². The van der Waals surface area contributed by atoms with Crippen LogP contribution >= 0.6 is 0 Å². The Labute approximate surface area is 123 Å². The van der Waals surface area contributed by atoms with E-state index >= 15 is 0 Å². The number of carboxylic acid groups (broad SMARTS) is 1. The van der Waals surface area contributed by atoms with Crippen LogP contribution in [0, 0.1) is 5.92 Å². The molecule has 0 aliphatic heterocycles. The molecule has 0 heterocycles. The fraction of sp³-hybridized carbons (Fsp3) is 0.400. The first kappa shape index (κ1) is 16.8. The van der Waals surface area contributed by atoms with Crippen molar-refractivity contribution in [3.05, 3.63) is 29.8 Å². The fourth-order valence-corrected chi connectivity index (χ4v) is 1.78. The molecule has 1 aromatic carbocycles. The van der Waals surface area contributed by atoms with Gasteiger partial charge in [0.2, 0.25) is 0 Å². The monoisotopic (exact) mass is 293 g/mol. The summed E-state index contributed by atoms with van der Waals surface area (Å²) in [5, 5.41) is 8.99. The lowest BCUT2D eigenvalue weighted by atomic mass is 10.1. The Morgan fingerprint density at radius 2 is 1.81 bits per heavy atom. The second-order valence-electron chi connectivity index (χ2n) is 4.78. The van der Waals surface area contributed by atoms with Gasteiger partial charge in [-0.25, -0.2) is 0 Å². The molecule has 1 rings (SSSR count). The van der Waals surface area contributed by atoms with E-state index in [0.29, 0.717) is 11.3 Å². The highest BCUT2D eigenvalue weighted by molar-refractivity contribution is 5.97. The summed E-state index contributed by atoms with van der Waals surface area (Å²) in [5.74, 6) is -2.10. The van der Waals surface area contributed by atoms with Gasteiger partial charge in [0.1, 0.15) is 6.61 Å². The Morgan fingerprint density at radius 1 is 1.24 bits per heavy atom. The van der Waals surface area contributed by atoms with Gasteiger partial charge in [-0.3, -0.25) is 14.4 Å². The molecule has 0 fully saturated rings. The average Bonchev–Trinajstić information content (AvgIpc) is 2.44. The van der Waals surface area contributed by atoms with Gasteiger partial charge in [0.05, 0.1) is 5.92 Å². The minimum absolute atomic E-state index is 0.0386. The molecule has 1 N–H and O–H groups in total. The molecular weight excluding hydrogens is 274 g/mol. The van der Waals surface area contributed by atoms with E-state index < -0.39 is 11.9 Å². The number of carbonyl (C=O) groups is 3. The van der Waals surface area contributed by atoms with Crippen LogP contribution in [-0.2, 0) is 14.3 Å². The summed E-state index contributed by atoms with van der Waals surface area (Å²) in [7, 11) is 1.40. The Balaban J connectivity index is 3.02. The van der Waals surface area contributed by atoms with E-state index in [1.807, 2.05) is 0 Å². The van der Waals surface area contributed by atoms with Crippen LogP contribution in [0.1, 0.15) is 24.2 Å². The van der Waals surface area contributed by atoms with E-state index in [1.165, 1.54) is 25.9 Å². The zero-order valence-electron chi connectivity index (χ0n) is 12.3. The van der Waals surface area contributed by atoms with Crippen LogP contribution in [0.25, 0.3) is 0 Å². The predicted octanol–water partition coefficient (Wildman–Crippen LogP) is 1.59. The molecular formula is C15H19NO5. The average molecular weight is 293 g/mol. The molecule has 1 amide bonds. The second-order valence-corrected chi connectivity index (χ2v) is 4.78. The Hall–Kier alpha value is -2.21. The molecule has 6 nitrogen and oxygen atoms in total. The quantitative estimate of drug-likeness (QED) is 0.772. The van der Waals surface area contributed by atoms with Gasteiger partial charge in [0.15, 0.2) is 5.78 Å². The fourth-order valence-electron chi connectivity index (χ4n) is 1.78. The summed E-state index contributed by atoms with van der Waals surface area (Å²) in [4.78, 5) is 35.6. The van der Waals surface area contributed by atoms with Crippen molar-refractivity contribution in [1.82, 2.24) is 0 Å². The number of aliphatic carboxylic acids is 1. The van der Waals surface area contributed by atoms with Crippen LogP contribution in [0.3, 0.4) is 0 Å². The van der Waals surface area contributed by atoms with Crippen molar-refractivity contribution in [2.24, 2.45) is 5.92 Å². The number of ether oxygens (including phenoxy) is 1. The van der Waals surface area contributed by atoms with Crippen LogP contribution in [-0.4, -0.2) is 43.0 Å². The summed E-state index contributed by atoms with van der Waals surface area (Å²) in [5.41, 5.74) is 1.07. The van der Waals surface area contributed by atoms with E-state index in [0.717, 1.165) is 0 Å². The number of rotatable bonds is 7. The summed E-state index contributed by atoms with van der Waals surface area (Å²) >= 11 is 0. The lowest BCUT2D eigenvalue weighted by molar-refractivity contribution is -0.140. The highest BCUT2D eigenvalue weighted by atomic mass is 16.5. The van der Waals surface area contributed by atoms with Crippen LogP contribution in [0.15, 0.2) is 24.3 Å². The smallest absolute Gasteiger partial charge is 0.308 e. The Morgan fingerprint density at radius 3 is 2.24 bits per heavy atom. The number of benzene rings is 1. The molecule has 0 aromatic heterocycles. The van der Waals surface area contributed by atoms with Crippen LogP contribution in [0.2, 0.25) is 0 Å². The normalized spacial score (nSPS) is 11.8. The third-order valence-electron chi connectivity index (χ3n) is 3.03. The van der Waals surface area contributed by atoms with Crippen LogP contribution in [0.4, 0.5) is 5.69 Å². The van der Waals surface area contributed by atoms with Crippen molar-refractivity contribution in [3.63, 3.8) is 0 Å². The maximum atomic E-state index is 12.1. The first-order chi connectivity index (χ1) is 9.86. The zero-order chi connectivity index (χ0) is 16.0. The number of methoxy groups -OCH3 is 1. The van der Waals surface area contributed by atoms with E-state index in [4.69, 9.17) is 9.84 Å². The largest absolute Gasteiger partial charge is 0.481 e. The van der Waals surface area contributed by atoms with E-state index in [9.17, 15) is 14.4 Å². The minimum Gasteiger partial charge on any atom is -0.481 e. The Kier molecular flexibility index (Phi) is 6.05. The maximum Gasteiger partial charge on any atom is 0.308 e. The van der Waals surface area contributed by atoms with Crippen molar-refractivity contribution in [1.29, 1.82) is 0 Å². The number of amides is 1.